The molecule has 0 aromatic carbocycles. The lowest BCUT2D eigenvalue weighted by Crippen LogP contribution is -2.61. The van der Waals surface area contributed by atoms with E-state index in [4.69, 9.17) is 0 Å². The van der Waals surface area contributed by atoms with Crippen LogP contribution in [0.25, 0.3) is 0 Å². The number of sulfonamides is 1. The Hall–Kier alpha value is -0.980. The van der Waals surface area contributed by atoms with Gasteiger partial charge in [-0.25, -0.2) is 8.42 Å². The topological polar surface area (TPSA) is 53.5 Å². The Labute approximate surface area is 133 Å². The summed E-state index contributed by atoms with van der Waals surface area (Å²) in [7, 11) is -3.14. The molecule has 2 saturated heterocycles. The van der Waals surface area contributed by atoms with E-state index in [0.717, 1.165) is 51.7 Å². The van der Waals surface area contributed by atoms with Crippen LogP contribution in [-0.4, -0.2) is 54.0 Å². The van der Waals surface area contributed by atoms with E-state index in [1.54, 1.807) is 10.5 Å². The lowest BCUT2D eigenvalue weighted by Gasteiger charge is -2.51. The number of aromatic nitrogens is 1. The van der Waals surface area contributed by atoms with Gasteiger partial charge in [0.1, 0.15) is 0 Å². The first-order valence-corrected chi connectivity index (χ1v) is 9.94. The van der Waals surface area contributed by atoms with Crippen molar-refractivity contribution in [2.75, 3.05) is 25.9 Å². The third-order valence-corrected chi connectivity index (χ3v) is 6.32. The summed E-state index contributed by atoms with van der Waals surface area (Å²) >= 11 is 0. The smallest absolute Gasteiger partial charge is 0.211 e. The van der Waals surface area contributed by atoms with E-state index in [1.807, 2.05) is 12.3 Å². The first-order chi connectivity index (χ1) is 10.5. The van der Waals surface area contributed by atoms with E-state index in [0.29, 0.717) is 6.54 Å². The molecule has 0 bridgehead atoms. The van der Waals surface area contributed by atoms with Crippen molar-refractivity contribution in [3.8, 4) is 0 Å². The second-order valence-electron chi connectivity index (χ2n) is 6.69. The molecule has 6 heteroatoms. The van der Waals surface area contributed by atoms with E-state index in [1.165, 1.54) is 11.8 Å². The molecule has 1 atom stereocenters. The number of nitrogens with zero attached hydrogens (tertiary/aromatic N) is 3. The zero-order valence-corrected chi connectivity index (χ0v) is 14.1. The second-order valence-corrected chi connectivity index (χ2v) is 8.60. The number of pyridine rings is 1. The van der Waals surface area contributed by atoms with E-state index in [9.17, 15) is 8.42 Å². The highest BCUT2D eigenvalue weighted by molar-refractivity contribution is 7.88. The molecule has 0 N–H and O–H groups in total. The molecule has 0 saturated carbocycles. The molecule has 2 aliphatic heterocycles. The fraction of sp³-hybridized carbons (Fsp3) is 0.688. The number of hydrogen-bond acceptors (Lipinski definition) is 4. The van der Waals surface area contributed by atoms with Crippen molar-refractivity contribution in [3.63, 3.8) is 0 Å². The van der Waals surface area contributed by atoms with Gasteiger partial charge in [-0.1, -0.05) is 12.5 Å². The standard InChI is InChI=1S/C16H25N3O2S/c1-22(20,21)19-11-3-2-7-16(19)8-5-10-18(14-16)13-15-6-4-9-17-12-15/h4,6,9,12H,2-3,5,7-8,10-11,13-14H2,1H3. The van der Waals surface area contributed by atoms with Gasteiger partial charge in [-0.2, -0.15) is 4.31 Å². The molecule has 1 aromatic rings. The van der Waals surface area contributed by atoms with Gasteiger partial charge in [0.05, 0.1) is 6.26 Å². The number of hydrogen-bond donors (Lipinski definition) is 0. The lowest BCUT2D eigenvalue weighted by molar-refractivity contribution is 0.0336. The molecule has 5 nitrogen and oxygen atoms in total. The van der Waals surface area contributed by atoms with Crippen LogP contribution in [0.1, 0.15) is 37.7 Å². The van der Waals surface area contributed by atoms with Crippen LogP contribution in [0.4, 0.5) is 0 Å². The predicted octanol–water partition coefficient (Wildman–Crippen LogP) is 1.86. The van der Waals surface area contributed by atoms with Crippen LogP contribution in [-0.2, 0) is 16.6 Å². The molecule has 0 aliphatic carbocycles. The Morgan fingerprint density at radius 3 is 2.77 bits per heavy atom. The molecule has 0 amide bonds. The Bertz CT molecular complexity index is 601. The largest absolute Gasteiger partial charge is 0.297 e. The van der Waals surface area contributed by atoms with Gasteiger partial charge < -0.3 is 0 Å². The van der Waals surface area contributed by atoms with Gasteiger partial charge in [0.2, 0.25) is 10.0 Å². The normalized spacial score (nSPS) is 28.0. The van der Waals surface area contributed by atoms with Gasteiger partial charge >= 0.3 is 0 Å². The zero-order valence-electron chi connectivity index (χ0n) is 13.2. The van der Waals surface area contributed by atoms with E-state index >= 15 is 0 Å². The Kier molecular flexibility index (Phi) is 4.52. The highest BCUT2D eigenvalue weighted by atomic mass is 32.2. The molecule has 0 radical (unpaired) electrons. The average molecular weight is 323 g/mol. The summed E-state index contributed by atoms with van der Waals surface area (Å²) in [6.07, 6.45) is 10.2. The quantitative estimate of drug-likeness (QED) is 0.852. The van der Waals surface area contributed by atoms with Gasteiger partial charge in [-0.15, -0.1) is 0 Å². The first-order valence-electron chi connectivity index (χ1n) is 8.09. The summed E-state index contributed by atoms with van der Waals surface area (Å²) in [5.74, 6) is 0. The number of piperidine rings is 2. The molecule has 1 spiro atoms. The maximum absolute atomic E-state index is 12.2. The summed E-state index contributed by atoms with van der Waals surface area (Å²) in [5, 5.41) is 0. The monoisotopic (exact) mass is 323 g/mol. The summed E-state index contributed by atoms with van der Waals surface area (Å²) in [6.45, 7) is 3.41. The molecule has 2 fully saturated rings. The Morgan fingerprint density at radius 1 is 1.23 bits per heavy atom. The van der Waals surface area contributed by atoms with Crippen LogP contribution in [0.15, 0.2) is 24.5 Å². The molecule has 1 aromatic heterocycles. The summed E-state index contributed by atoms with van der Waals surface area (Å²) in [6, 6.07) is 4.04. The van der Waals surface area contributed by atoms with Crippen LogP contribution in [0.5, 0.6) is 0 Å². The van der Waals surface area contributed by atoms with Crippen molar-refractivity contribution >= 4 is 10.0 Å². The van der Waals surface area contributed by atoms with Crippen LogP contribution in [0.2, 0.25) is 0 Å². The highest BCUT2D eigenvalue weighted by Crippen LogP contribution is 2.38. The Balaban J connectivity index is 1.78. The molecule has 122 valence electrons. The summed E-state index contributed by atoms with van der Waals surface area (Å²) in [4.78, 5) is 6.57. The van der Waals surface area contributed by atoms with Crippen LogP contribution in [0.3, 0.4) is 0 Å². The summed E-state index contributed by atoms with van der Waals surface area (Å²) in [5.41, 5.74) is 1.01. The number of likely N-dealkylation sites (tertiary alicyclic amines) is 1. The molecule has 1 unspecified atom stereocenters. The van der Waals surface area contributed by atoms with Crippen molar-refractivity contribution in [1.29, 1.82) is 0 Å². The molecule has 3 heterocycles. The van der Waals surface area contributed by atoms with Gasteiger partial charge in [-0.3, -0.25) is 9.88 Å². The molecule has 22 heavy (non-hydrogen) atoms. The van der Waals surface area contributed by atoms with Gasteiger partial charge in [0.25, 0.3) is 0 Å². The SMILES string of the molecule is CS(=O)(=O)N1CCCCC12CCCN(Cc1cccnc1)C2. The lowest BCUT2D eigenvalue weighted by atomic mass is 9.81. The minimum Gasteiger partial charge on any atom is -0.297 e. The van der Waals surface area contributed by atoms with Gasteiger partial charge in [0, 0.05) is 37.6 Å². The van der Waals surface area contributed by atoms with E-state index < -0.39 is 10.0 Å². The minimum absolute atomic E-state index is 0.188. The third-order valence-electron chi connectivity index (χ3n) is 4.95. The van der Waals surface area contributed by atoms with E-state index in [2.05, 4.69) is 16.0 Å². The van der Waals surface area contributed by atoms with Crippen LogP contribution >= 0.6 is 0 Å². The first kappa shape index (κ1) is 15.9. The van der Waals surface area contributed by atoms with Crippen LogP contribution in [0, 0.1) is 0 Å². The fourth-order valence-electron chi connectivity index (χ4n) is 4.09. The Morgan fingerprint density at radius 2 is 2.05 bits per heavy atom. The van der Waals surface area contributed by atoms with Crippen LogP contribution < -0.4 is 0 Å². The highest BCUT2D eigenvalue weighted by Gasteiger charge is 2.45. The molecule has 2 aliphatic rings. The van der Waals surface area contributed by atoms with Crippen molar-refractivity contribution in [3.05, 3.63) is 30.1 Å². The van der Waals surface area contributed by atoms with Gasteiger partial charge in [0.15, 0.2) is 0 Å². The molecule has 3 rings (SSSR count). The van der Waals surface area contributed by atoms with Gasteiger partial charge in [-0.05, 0) is 43.9 Å². The number of rotatable bonds is 3. The zero-order chi connectivity index (χ0) is 15.6. The molecular formula is C16H25N3O2S. The third kappa shape index (κ3) is 3.34. The predicted molar refractivity (Wildman–Crippen MR) is 86.9 cm³/mol. The summed E-state index contributed by atoms with van der Waals surface area (Å²) < 4.78 is 26.2. The maximum Gasteiger partial charge on any atom is 0.211 e. The van der Waals surface area contributed by atoms with Crippen molar-refractivity contribution in [2.24, 2.45) is 0 Å². The maximum atomic E-state index is 12.2. The second kappa shape index (κ2) is 6.26. The van der Waals surface area contributed by atoms with E-state index in [-0.39, 0.29) is 5.54 Å². The van der Waals surface area contributed by atoms with Crippen molar-refractivity contribution in [1.82, 2.24) is 14.2 Å². The fourth-order valence-corrected chi connectivity index (χ4v) is 5.49. The van der Waals surface area contributed by atoms with Crippen molar-refractivity contribution in [2.45, 2.75) is 44.2 Å². The van der Waals surface area contributed by atoms with Crippen molar-refractivity contribution < 1.29 is 8.42 Å². The minimum atomic E-state index is -3.14. The molecular weight excluding hydrogens is 298 g/mol. The average Bonchev–Trinajstić information content (AvgIpc) is 2.47.